The van der Waals surface area contributed by atoms with E-state index >= 15 is 0 Å². The molecule has 5 nitrogen and oxygen atoms in total. The Morgan fingerprint density at radius 2 is 1.94 bits per heavy atom. The number of nitrogens with one attached hydrogen (secondary N) is 1. The number of piperidine rings is 1. The van der Waals surface area contributed by atoms with Crippen molar-refractivity contribution in [1.82, 2.24) is 14.9 Å². The van der Waals surface area contributed by atoms with Crippen LogP contribution >= 0.6 is 0 Å². The predicted molar refractivity (Wildman–Crippen MR) is 140 cm³/mol. The molecule has 1 aliphatic carbocycles. The molecule has 2 fully saturated rings. The van der Waals surface area contributed by atoms with Gasteiger partial charge >= 0.3 is 0 Å². The highest BCUT2D eigenvalue weighted by molar-refractivity contribution is 5.43. The average Bonchev–Trinajstić information content (AvgIpc) is 3.10. The topological polar surface area (TPSA) is 44.3 Å². The number of likely N-dealkylation sites (tertiary alicyclic amines) is 1. The van der Waals surface area contributed by atoms with Gasteiger partial charge in [-0.3, -0.25) is 0 Å². The van der Waals surface area contributed by atoms with Gasteiger partial charge in [-0.05, 0) is 75.8 Å². The third-order valence-corrected chi connectivity index (χ3v) is 7.44. The van der Waals surface area contributed by atoms with E-state index in [-0.39, 0.29) is 0 Å². The van der Waals surface area contributed by atoms with Crippen molar-refractivity contribution >= 4 is 11.8 Å². The molecule has 33 heavy (non-hydrogen) atoms. The van der Waals surface area contributed by atoms with Gasteiger partial charge in [0.1, 0.15) is 5.82 Å². The number of aromatic nitrogens is 2. The Labute approximate surface area is 201 Å². The van der Waals surface area contributed by atoms with E-state index < -0.39 is 0 Å². The van der Waals surface area contributed by atoms with Crippen LogP contribution in [0.3, 0.4) is 0 Å². The van der Waals surface area contributed by atoms with E-state index in [1.54, 1.807) is 5.57 Å². The van der Waals surface area contributed by atoms with Gasteiger partial charge in [0.05, 0.1) is 0 Å². The zero-order chi connectivity index (χ0) is 22.9. The van der Waals surface area contributed by atoms with Crippen molar-refractivity contribution in [3.63, 3.8) is 0 Å². The summed E-state index contributed by atoms with van der Waals surface area (Å²) in [6.07, 6.45) is 21.9. The third kappa shape index (κ3) is 7.84. The van der Waals surface area contributed by atoms with E-state index in [0.29, 0.717) is 12.0 Å². The molecule has 2 saturated heterocycles. The summed E-state index contributed by atoms with van der Waals surface area (Å²) in [5.74, 6) is 3.37. The number of hydrogen-bond acceptors (Lipinski definition) is 5. The zero-order valence-corrected chi connectivity index (χ0v) is 21.0. The fourth-order valence-corrected chi connectivity index (χ4v) is 5.57. The average molecular weight is 452 g/mol. The summed E-state index contributed by atoms with van der Waals surface area (Å²) in [5.41, 5.74) is 1.64. The molecule has 0 radical (unpaired) electrons. The predicted octanol–water partition coefficient (Wildman–Crippen LogP) is 6.06. The van der Waals surface area contributed by atoms with Gasteiger partial charge in [0.15, 0.2) is 0 Å². The lowest BCUT2D eigenvalue weighted by atomic mass is 9.87. The molecular weight excluding hydrogens is 406 g/mol. The number of allylic oxidation sites excluding steroid dienone is 4. The third-order valence-electron chi connectivity index (χ3n) is 7.44. The highest BCUT2D eigenvalue weighted by Gasteiger charge is 2.24. The first kappa shape index (κ1) is 24.3. The molecule has 0 saturated carbocycles. The maximum Gasteiger partial charge on any atom is 0.224 e. The van der Waals surface area contributed by atoms with Crippen molar-refractivity contribution in [2.24, 2.45) is 11.8 Å². The molecule has 1 N–H and O–H groups in total. The molecule has 0 amide bonds. The minimum Gasteiger partial charge on any atom is -0.356 e. The molecule has 0 aromatic carbocycles. The number of anilines is 2. The number of rotatable bonds is 8. The second-order valence-corrected chi connectivity index (χ2v) is 10.8. The van der Waals surface area contributed by atoms with Crippen molar-refractivity contribution in [1.29, 1.82) is 0 Å². The highest BCUT2D eigenvalue weighted by Crippen LogP contribution is 2.28. The Bertz CT molecular complexity index is 778. The van der Waals surface area contributed by atoms with E-state index in [4.69, 9.17) is 4.98 Å². The molecule has 3 heterocycles. The smallest absolute Gasteiger partial charge is 0.224 e. The minimum atomic E-state index is 0.453. The summed E-state index contributed by atoms with van der Waals surface area (Å²) in [6, 6.07) is 2.53. The fourth-order valence-electron chi connectivity index (χ4n) is 5.57. The van der Waals surface area contributed by atoms with Gasteiger partial charge in [0.2, 0.25) is 5.95 Å². The molecule has 2 unspecified atom stereocenters. The van der Waals surface area contributed by atoms with Gasteiger partial charge in [-0.25, -0.2) is 4.98 Å². The molecule has 5 heteroatoms. The summed E-state index contributed by atoms with van der Waals surface area (Å²) in [7, 11) is 0. The van der Waals surface area contributed by atoms with Crippen molar-refractivity contribution < 1.29 is 0 Å². The van der Waals surface area contributed by atoms with Gasteiger partial charge in [-0.1, -0.05) is 50.5 Å². The lowest BCUT2D eigenvalue weighted by Gasteiger charge is -2.36. The Hall–Kier alpha value is -1.88. The summed E-state index contributed by atoms with van der Waals surface area (Å²) >= 11 is 0. The maximum atomic E-state index is 4.89. The van der Waals surface area contributed by atoms with Crippen LogP contribution in [0.25, 0.3) is 0 Å². The van der Waals surface area contributed by atoms with Crippen LogP contribution in [-0.2, 0) is 0 Å². The standard InChI is InChI=1S/C28H45N5/c1-23(2)9-7-10-24-12-14-25(15-13-24)21-32-18-8-11-26(22-32)30-28-29-17-16-27(31-28)33-19-5-3-4-6-20-33/h7,9,12,16-17,23,25-26H,3-6,8,10-11,13-15,18-22H2,1-2H3,(H,29,30,31)/b9-7+. The molecule has 2 aliphatic heterocycles. The summed E-state index contributed by atoms with van der Waals surface area (Å²) in [4.78, 5) is 14.6. The molecular formula is C28H45N5. The molecule has 182 valence electrons. The molecule has 0 spiro atoms. The molecule has 1 aromatic heterocycles. The summed E-state index contributed by atoms with van der Waals surface area (Å²) in [5, 5.41) is 3.67. The van der Waals surface area contributed by atoms with Crippen LogP contribution in [0.1, 0.15) is 78.1 Å². The van der Waals surface area contributed by atoms with Crippen molar-refractivity contribution in [2.45, 2.75) is 84.1 Å². The van der Waals surface area contributed by atoms with Crippen LogP contribution in [0.5, 0.6) is 0 Å². The fraction of sp³-hybridized carbons (Fsp3) is 0.714. The van der Waals surface area contributed by atoms with E-state index in [1.165, 1.54) is 70.9 Å². The first-order valence-electron chi connectivity index (χ1n) is 13.6. The SMILES string of the molecule is CC(C)/C=C/CC1=CCC(CN2CCCC(Nc3nccc(N4CCCCCC4)n3)C2)CC1. The lowest BCUT2D eigenvalue weighted by Crippen LogP contribution is -2.44. The summed E-state index contributed by atoms with van der Waals surface area (Å²) < 4.78 is 0. The molecule has 3 aliphatic rings. The Morgan fingerprint density at radius 1 is 1.09 bits per heavy atom. The van der Waals surface area contributed by atoms with Gasteiger partial charge in [0.25, 0.3) is 0 Å². The molecule has 2 atom stereocenters. The van der Waals surface area contributed by atoms with Crippen molar-refractivity contribution in [3.8, 4) is 0 Å². The first-order valence-corrected chi connectivity index (χ1v) is 13.6. The molecule has 1 aromatic rings. The number of hydrogen-bond donors (Lipinski definition) is 1. The van der Waals surface area contributed by atoms with Crippen LogP contribution in [0.4, 0.5) is 11.8 Å². The van der Waals surface area contributed by atoms with E-state index in [9.17, 15) is 0 Å². The Balaban J connectivity index is 1.25. The largest absolute Gasteiger partial charge is 0.356 e. The zero-order valence-electron chi connectivity index (χ0n) is 21.0. The summed E-state index contributed by atoms with van der Waals surface area (Å²) in [6.45, 7) is 10.3. The van der Waals surface area contributed by atoms with Gasteiger partial charge < -0.3 is 15.1 Å². The van der Waals surface area contributed by atoms with Crippen LogP contribution < -0.4 is 10.2 Å². The van der Waals surface area contributed by atoms with Gasteiger partial charge in [0, 0.05) is 38.4 Å². The maximum absolute atomic E-state index is 4.89. The number of nitrogens with zero attached hydrogens (tertiary/aromatic N) is 4. The van der Waals surface area contributed by atoms with E-state index in [1.807, 2.05) is 6.20 Å². The van der Waals surface area contributed by atoms with Crippen LogP contribution in [0, 0.1) is 11.8 Å². The Morgan fingerprint density at radius 3 is 2.70 bits per heavy atom. The van der Waals surface area contributed by atoms with E-state index in [0.717, 1.165) is 43.7 Å². The second-order valence-electron chi connectivity index (χ2n) is 10.8. The van der Waals surface area contributed by atoms with E-state index in [2.05, 4.69) is 58.2 Å². The lowest BCUT2D eigenvalue weighted by molar-refractivity contribution is 0.179. The second kappa shape index (κ2) is 12.5. The highest BCUT2D eigenvalue weighted by atomic mass is 15.2. The van der Waals surface area contributed by atoms with Gasteiger partial charge in [-0.15, -0.1) is 0 Å². The monoisotopic (exact) mass is 451 g/mol. The van der Waals surface area contributed by atoms with Gasteiger partial charge in [-0.2, -0.15) is 4.98 Å². The quantitative estimate of drug-likeness (QED) is 0.487. The Kier molecular flexibility index (Phi) is 9.22. The van der Waals surface area contributed by atoms with Crippen LogP contribution in [0.2, 0.25) is 0 Å². The molecule has 4 rings (SSSR count). The molecule has 0 bridgehead atoms. The minimum absolute atomic E-state index is 0.453. The van der Waals surface area contributed by atoms with Crippen LogP contribution in [-0.4, -0.2) is 53.6 Å². The van der Waals surface area contributed by atoms with Crippen LogP contribution in [0.15, 0.2) is 36.1 Å². The van der Waals surface area contributed by atoms with Crippen molar-refractivity contribution in [2.75, 3.05) is 42.9 Å². The van der Waals surface area contributed by atoms with Crippen molar-refractivity contribution in [3.05, 3.63) is 36.1 Å². The first-order chi connectivity index (χ1) is 16.2. The normalized spacial score (nSPS) is 25.3.